The van der Waals surface area contributed by atoms with Crippen LogP contribution in [0.3, 0.4) is 0 Å². The van der Waals surface area contributed by atoms with E-state index in [4.69, 9.17) is 0 Å². The van der Waals surface area contributed by atoms with Crippen LogP contribution < -0.4 is 10.6 Å². The summed E-state index contributed by atoms with van der Waals surface area (Å²) in [4.78, 5) is 11.5. The molecular formula is C10H20N2O. The average Bonchev–Trinajstić information content (AvgIpc) is 2.00. The summed E-state index contributed by atoms with van der Waals surface area (Å²) in [7, 11) is 0. The van der Waals surface area contributed by atoms with Gasteiger partial charge in [-0.3, -0.25) is 4.79 Å². The molecule has 1 amide bonds. The Morgan fingerprint density at radius 2 is 2.23 bits per heavy atom. The van der Waals surface area contributed by atoms with E-state index in [9.17, 15) is 4.79 Å². The minimum Gasteiger partial charge on any atom is -0.353 e. The molecule has 0 aliphatic carbocycles. The molecule has 0 spiro atoms. The SMILES string of the molecule is CCCC(CC)NC(=O)C1CNC1. The Morgan fingerprint density at radius 3 is 2.62 bits per heavy atom. The van der Waals surface area contributed by atoms with Gasteiger partial charge >= 0.3 is 0 Å². The van der Waals surface area contributed by atoms with Crippen molar-refractivity contribution in [2.75, 3.05) is 13.1 Å². The lowest BCUT2D eigenvalue weighted by atomic mass is 10.0. The monoisotopic (exact) mass is 184 g/mol. The molecule has 1 heterocycles. The van der Waals surface area contributed by atoms with Gasteiger partial charge in [-0.15, -0.1) is 0 Å². The van der Waals surface area contributed by atoms with E-state index < -0.39 is 0 Å². The summed E-state index contributed by atoms with van der Waals surface area (Å²) in [5.41, 5.74) is 0. The molecule has 0 aromatic carbocycles. The molecule has 1 unspecified atom stereocenters. The van der Waals surface area contributed by atoms with Crippen molar-refractivity contribution in [1.82, 2.24) is 10.6 Å². The zero-order chi connectivity index (χ0) is 9.68. The van der Waals surface area contributed by atoms with E-state index in [1.54, 1.807) is 0 Å². The summed E-state index contributed by atoms with van der Waals surface area (Å²) in [6.07, 6.45) is 3.28. The first-order chi connectivity index (χ1) is 6.27. The number of amides is 1. The molecule has 2 N–H and O–H groups in total. The van der Waals surface area contributed by atoms with Crippen molar-refractivity contribution in [1.29, 1.82) is 0 Å². The third-order valence-electron chi connectivity index (χ3n) is 2.63. The van der Waals surface area contributed by atoms with Crippen molar-refractivity contribution < 1.29 is 4.79 Å². The van der Waals surface area contributed by atoms with E-state index in [-0.39, 0.29) is 11.8 Å². The number of hydrogen-bond donors (Lipinski definition) is 2. The van der Waals surface area contributed by atoms with Crippen molar-refractivity contribution in [2.45, 2.75) is 39.2 Å². The second-order valence-corrected chi connectivity index (χ2v) is 3.76. The lowest BCUT2D eigenvalue weighted by Crippen LogP contribution is -2.52. The highest BCUT2D eigenvalue weighted by molar-refractivity contribution is 5.80. The lowest BCUT2D eigenvalue weighted by molar-refractivity contribution is -0.127. The van der Waals surface area contributed by atoms with Gasteiger partial charge in [0.15, 0.2) is 0 Å². The van der Waals surface area contributed by atoms with E-state index in [0.717, 1.165) is 32.4 Å². The largest absolute Gasteiger partial charge is 0.353 e. The molecule has 3 nitrogen and oxygen atoms in total. The topological polar surface area (TPSA) is 41.1 Å². The molecule has 1 atom stereocenters. The number of rotatable bonds is 5. The number of nitrogens with one attached hydrogen (secondary N) is 2. The van der Waals surface area contributed by atoms with Crippen molar-refractivity contribution >= 4 is 5.91 Å². The van der Waals surface area contributed by atoms with E-state index in [0.29, 0.717) is 6.04 Å². The quantitative estimate of drug-likeness (QED) is 0.666. The fourth-order valence-corrected chi connectivity index (χ4v) is 1.52. The predicted molar refractivity (Wildman–Crippen MR) is 53.5 cm³/mol. The Morgan fingerprint density at radius 1 is 1.54 bits per heavy atom. The van der Waals surface area contributed by atoms with Crippen LogP contribution in [0.25, 0.3) is 0 Å². The molecule has 0 saturated carbocycles. The van der Waals surface area contributed by atoms with Gasteiger partial charge in [-0.2, -0.15) is 0 Å². The van der Waals surface area contributed by atoms with Crippen molar-refractivity contribution in [3.05, 3.63) is 0 Å². The Labute approximate surface area is 80.3 Å². The highest BCUT2D eigenvalue weighted by Gasteiger charge is 2.25. The number of carbonyl (C=O) groups excluding carboxylic acids is 1. The average molecular weight is 184 g/mol. The molecular weight excluding hydrogens is 164 g/mol. The summed E-state index contributed by atoms with van der Waals surface area (Å²) in [6.45, 7) is 5.99. The minimum atomic E-state index is 0.228. The second kappa shape index (κ2) is 5.22. The molecule has 0 radical (unpaired) electrons. The molecule has 1 saturated heterocycles. The van der Waals surface area contributed by atoms with Crippen molar-refractivity contribution in [3.8, 4) is 0 Å². The smallest absolute Gasteiger partial charge is 0.225 e. The first-order valence-electron chi connectivity index (χ1n) is 5.29. The van der Waals surface area contributed by atoms with Gasteiger partial charge < -0.3 is 10.6 Å². The molecule has 1 aliphatic rings. The van der Waals surface area contributed by atoms with Crippen LogP contribution in [0.1, 0.15) is 33.1 Å². The van der Waals surface area contributed by atoms with Gasteiger partial charge in [-0.25, -0.2) is 0 Å². The summed E-state index contributed by atoms with van der Waals surface area (Å²) >= 11 is 0. The van der Waals surface area contributed by atoms with Crippen molar-refractivity contribution in [3.63, 3.8) is 0 Å². The second-order valence-electron chi connectivity index (χ2n) is 3.76. The first kappa shape index (κ1) is 10.5. The van der Waals surface area contributed by atoms with Crippen LogP contribution in [0.15, 0.2) is 0 Å². The molecule has 13 heavy (non-hydrogen) atoms. The fraction of sp³-hybridized carbons (Fsp3) is 0.900. The zero-order valence-electron chi connectivity index (χ0n) is 8.60. The minimum absolute atomic E-state index is 0.228. The summed E-state index contributed by atoms with van der Waals surface area (Å²) < 4.78 is 0. The van der Waals surface area contributed by atoms with Gasteiger partial charge in [0.25, 0.3) is 0 Å². The van der Waals surface area contributed by atoms with E-state index in [2.05, 4.69) is 24.5 Å². The standard InChI is InChI=1S/C10H20N2O/c1-3-5-9(4-2)12-10(13)8-6-11-7-8/h8-9,11H,3-7H2,1-2H3,(H,12,13). The Hall–Kier alpha value is -0.570. The molecule has 0 aromatic rings. The van der Waals surface area contributed by atoms with Gasteiger partial charge in [0.05, 0.1) is 5.92 Å². The van der Waals surface area contributed by atoms with Crippen LogP contribution >= 0.6 is 0 Å². The maximum Gasteiger partial charge on any atom is 0.225 e. The molecule has 0 aromatic heterocycles. The summed E-state index contributed by atoms with van der Waals surface area (Å²) in [5.74, 6) is 0.463. The Bertz CT molecular complexity index is 166. The molecule has 1 fully saturated rings. The lowest BCUT2D eigenvalue weighted by Gasteiger charge is -2.28. The third kappa shape index (κ3) is 2.99. The van der Waals surface area contributed by atoms with E-state index in [1.165, 1.54) is 0 Å². The maximum absolute atomic E-state index is 11.5. The summed E-state index contributed by atoms with van der Waals surface area (Å²) in [6, 6.07) is 0.387. The van der Waals surface area contributed by atoms with Gasteiger partial charge in [-0.1, -0.05) is 20.3 Å². The molecule has 1 aliphatic heterocycles. The summed E-state index contributed by atoms with van der Waals surface area (Å²) in [5, 5.41) is 6.20. The molecule has 76 valence electrons. The number of carbonyl (C=O) groups is 1. The Balaban J connectivity index is 2.23. The zero-order valence-corrected chi connectivity index (χ0v) is 8.60. The molecule has 3 heteroatoms. The highest BCUT2D eigenvalue weighted by atomic mass is 16.2. The van der Waals surface area contributed by atoms with Crippen LogP contribution in [0.2, 0.25) is 0 Å². The maximum atomic E-state index is 11.5. The van der Waals surface area contributed by atoms with E-state index in [1.807, 2.05) is 0 Å². The normalized spacial score (nSPS) is 19.2. The van der Waals surface area contributed by atoms with Crippen LogP contribution in [0, 0.1) is 5.92 Å². The predicted octanol–water partition coefficient (Wildman–Crippen LogP) is 0.901. The fourth-order valence-electron chi connectivity index (χ4n) is 1.52. The van der Waals surface area contributed by atoms with Crippen LogP contribution in [-0.2, 0) is 4.79 Å². The van der Waals surface area contributed by atoms with Crippen LogP contribution in [-0.4, -0.2) is 25.0 Å². The van der Waals surface area contributed by atoms with Gasteiger partial charge in [0, 0.05) is 19.1 Å². The van der Waals surface area contributed by atoms with Gasteiger partial charge in [-0.05, 0) is 12.8 Å². The van der Waals surface area contributed by atoms with Crippen LogP contribution in [0.4, 0.5) is 0 Å². The molecule has 1 rings (SSSR count). The highest BCUT2D eigenvalue weighted by Crippen LogP contribution is 2.06. The third-order valence-corrected chi connectivity index (χ3v) is 2.63. The van der Waals surface area contributed by atoms with Gasteiger partial charge in [0.2, 0.25) is 5.91 Å². The molecule has 0 bridgehead atoms. The first-order valence-corrected chi connectivity index (χ1v) is 5.29. The Kier molecular flexibility index (Phi) is 4.22. The van der Waals surface area contributed by atoms with E-state index >= 15 is 0 Å². The van der Waals surface area contributed by atoms with Crippen LogP contribution in [0.5, 0.6) is 0 Å². The van der Waals surface area contributed by atoms with Crippen molar-refractivity contribution in [2.24, 2.45) is 5.92 Å². The van der Waals surface area contributed by atoms with Gasteiger partial charge in [0.1, 0.15) is 0 Å². The number of hydrogen-bond acceptors (Lipinski definition) is 2.